The molecule has 1 aromatic carbocycles. The monoisotopic (exact) mass is 407 g/mol. The average Bonchev–Trinajstić information content (AvgIpc) is 2.86. The molecular weight excluding hydrogens is 389 g/mol. The van der Waals surface area contributed by atoms with E-state index in [1.165, 1.54) is 13.0 Å². The van der Waals surface area contributed by atoms with Gasteiger partial charge in [0.1, 0.15) is 19.7 Å². The Labute approximate surface area is 153 Å². The topological polar surface area (TPSA) is 77.6 Å². The van der Waals surface area contributed by atoms with Crippen LogP contribution in [0.3, 0.4) is 0 Å². The van der Waals surface area contributed by atoms with Crippen LogP contribution in [0.15, 0.2) is 24.3 Å². The number of para-hydroxylation sites is 1. The number of alkyl halides is 3. The first-order valence-corrected chi connectivity index (χ1v) is 9.15. The third kappa shape index (κ3) is 3.77. The molecule has 0 aliphatic rings. The highest BCUT2D eigenvalue weighted by Gasteiger charge is 2.50. The summed E-state index contributed by atoms with van der Waals surface area (Å²) in [5.41, 5.74) is -5.08. The van der Waals surface area contributed by atoms with Crippen LogP contribution < -0.4 is 4.18 Å². The van der Waals surface area contributed by atoms with E-state index in [1.54, 1.807) is 43.8 Å². The molecule has 0 spiro atoms. The standard InChI is InChI=1S/C16H18F3N2O5S/c1-5-25-15(22)21-12-9-7-6-8-11(12)13(10(2)20(3)4)14(21)26-27(23,24)16(17,18)19/h6-9H,5H2,1-4H3/q+1. The molecule has 0 saturated carbocycles. The van der Waals surface area contributed by atoms with Crippen LogP contribution >= 0.6 is 0 Å². The minimum absolute atomic E-state index is 0.0384. The van der Waals surface area contributed by atoms with Gasteiger partial charge in [-0.15, -0.1) is 0 Å². The van der Waals surface area contributed by atoms with Gasteiger partial charge in [0.15, 0.2) is 5.71 Å². The van der Waals surface area contributed by atoms with Crippen LogP contribution in [-0.2, 0) is 14.9 Å². The van der Waals surface area contributed by atoms with E-state index in [1.807, 2.05) is 0 Å². The molecule has 7 nitrogen and oxygen atoms in total. The Morgan fingerprint density at radius 2 is 1.81 bits per heavy atom. The lowest BCUT2D eigenvalue weighted by Gasteiger charge is -2.13. The minimum atomic E-state index is -6.01. The van der Waals surface area contributed by atoms with Gasteiger partial charge in [0.05, 0.1) is 12.1 Å². The number of ether oxygens (including phenoxy) is 1. The first-order valence-electron chi connectivity index (χ1n) is 7.75. The van der Waals surface area contributed by atoms with E-state index >= 15 is 0 Å². The highest BCUT2D eigenvalue weighted by Crippen LogP contribution is 2.36. The SMILES string of the molecule is CCOC(=O)n1c(OS(=O)(=O)C(F)(F)F)c(C(C)=[N+](C)C)c2ccccc21. The molecule has 11 heteroatoms. The van der Waals surface area contributed by atoms with Crippen LogP contribution in [0.25, 0.3) is 10.9 Å². The number of rotatable bonds is 4. The van der Waals surface area contributed by atoms with Gasteiger partial charge in [-0.3, -0.25) is 0 Å². The number of hydrogen-bond acceptors (Lipinski definition) is 5. The summed E-state index contributed by atoms with van der Waals surface area (Å²) in [6.45, 7) is 3.00. The lowest BCUT2D eigenvalue weighted by Crippen LogP contribution is -2.30. The van der Waals surface area contributed by atoms with E-state index < -0.39 is 27.6 Å². The van der Waals surface area contributed by atoms with Gasteiger partial charge in [0, 0.05) is 12.3 Å². The third-order valence-electron chi connectivity index (χ3n) is 3.79. The van der Waals surface area contributed by atoms with Crippen molar-refractivity contribution in [1.82, 2.24) is 4.57 Å². The van der Waals surface area contributed by atoms with Crippen LogP contribution in [0.1, 0.15) is 19.4 Å². The van der Waals surface area contributed by atoms with Crippen molar-refractivity contribution in [1.29, 1.82) is 0 Å². The Hall–Kier alpha value is -2.56. The van der Waals surface area contributed by atoms with Crippen molar-refractivity contribution in [2.45, 2.75) is 19.4 Å². The zero-order valence-corrected chi connectivity index (χ0v) is 15.8. The van der Waals surface area contributed by atoms with Crippen LogP contribution in [0.4, 0.5) is 18.0 Å². The van der Waals surface area contributed by atoms with E-state index in [2.05, 4.69) is 4.18 Å². The fraction of sp³-hybridized carbons (Fsp3) is 0.375. The normalized spacial score (nSPS) is 12.1. The van der Waals surface area contributed by atoms with Gasteiger partial charge in [-0.1, -0.05) is 18.2 Å². The molecule has 0 N–H and O–H groups in total. The van der Waals surface area contributed by atoms with Gasteiger partial charge in [0.2, 0.25) is 5.88 Å². The summed E-state index contributed by atoms with van der Waals surface area (Å²) < 4.78 is 73.5. The van der Waals surface area contributed by atoms with Crippen molar-refractivity contribution in [2.75, 3.05) is 20.7 Å². The van der Waals surface area contributed by atoms with Crippen molar-refractivity contribution in [2.24, 2.45) is 0 Å². The van der Waals surface area contributed by atoms with Crippen molar-refractivity contribution in [3.05, 3.63) is 29.8 Å². The molecule has 1 heterocycles. The van der Waals surface area contributed by atoms with E-state index in [0.717, 1.165) is 0 Å². The van der Waals surface area contributed by atoms with Gasteiger partial charge in [0.25, 0.3) is 0 Å². The molecule has 0 fully saturated rings. The predicted molar refractivity (Wildman–Crippen MR) is 91.9 cm³/mol. The molecule has 0 saturated heterocycles. The van der Waals surface area contributed by atoms with Crippen molar-refractivity contribution >= 4 is 32.8 Å². The summed E-state index contributed by atoms with van der Waals surface area (Å²) in [5.74, 6) is -0.779. The molecule has 0 atom stereocenters. The van der Waals surface area contributed by atoms with E-state index in [9.17, 15) is 26.4 Å². The quantitative estimate of drug-likeness (QED) is 0.337. The Kier molecular flexibility index (Phi) is 5.55. The Morgan fingerprint density at radius 3 is 2.33 bits per heavy atom. The minimum Gasteiger partial charge on any atom is -0.449 e. The number of fused-ring (bicyclic) bond motifs is 1. The highest BCUT2D eigenvalue weighted by atomic mass is 32.2. The zero-order valence-electron chi connectivity index (χ0n) is 15.0. The van der Waals surface area contributed by atoms with Crippen LogP contribution in [0.2, 0.25) is 0 Å². The van der Waals surface area contributed by atoms with E-state index in [0.29, 0.717) is 15.7 Å². The molecule has 148 valence electrons. The second-order valence-corrected chi connectivity index (χ2v) is 7.23. The molecular formula is C16H18F3N2O5S+. The number of nitrogens with zero attached hydrogens (tertiary/aromatic N) is 2. The molecule has 0 unspecified atom stereocenters. The maximum Gasteiger partial charge on any atom is 0.534 e. The van der Waals surface area contributed by atoms with Crippen LogP contribution in [0, 0.1) is 0 Å². The number of aromatic nitrogens is 1. The summed E-state index contributed by atoms with van der Waals surface area (Å²) in [4.78, 5) is 12.4. The fourth-order valence-electron chi connectivity index (χ4n) is 2.39. The van der Waals surface area contributed by atoms with Gasteiger partial charge in [-0.25, -0.2) is 13.9 Å². The predicted octanol–water partition coefficient (Wildman–Crippen LogP) is 2.96. The maximum atomic E-state index is 12.9. The molecule has 2 aromatic rings. The molecule has 2 rings (SSSR count). The lowest BCUT2D eigenvalue weighted by molar-refractivity contribution is -0.464. The number of carbonyl (C=O) groups excluding carboxylic acids is 1. The number of carbonyl (C=O) groups is 1. The Bertz CT molecular complexity index is 1020. The van der Waals surface area contributed by atoms with Gasteiger partial charge in [-0.2, -0.15) is 21.6 Å². The van der Waals surface area contributed by atoms with Gasteiger partial charge in [-0.05, 0) is 13.0 Å². The second-order valence-electron chi connectivity index (χ2n) is 5.69. The van der Waals surface area contributed by atoms with E-state index in [4.69, 9.17) is 4.74 Å². The fourth-order valence-corrected chi connectivity index (χ4v) is 2.85. The molecule has 0 aliphatic carbocycles. The largest absolute Gasteiger partial charge is 0.534 e. The molecule has 27 heavy (non-hydrogen) atoms. The Morgan fingerprint density at radius 1 is 1.22 bits per heavy atom. The van der Waals surface area contributed by atoms with Crippen molar-refractivity contribution in [3.8, 4) is 5.88 Å². The summed E-state index contributed by atoms with van der Waals surface area (Å²) in [6, 6.07) is 6.15. The third-order valence-corrected chi connectivity index (χ3v) is 4.73. The number of hydrogen-bond donors (Lipinski definition) is 0. The van der Waals surface area contributed by atoms with Gasteiger partial charge >= 0.3 is 21.7 Å². The van der Waals surface area contributed by atoms with Gasteiger partial charge < -0.3 is 8.92 Å². The van der Waals surface area contributed by atoms with Crippen LogP contribution in [-0.4, -0.2) is 55.6 Å². The molecule has 0 bridgehead atoms. The first-order chi connectivity index (χ1) is 12.4. The summed E-state index contributed by atoms with van der Waals surface area (Å²) in [6.07, 6.45) is -1.06. The summed E-state index contributed by atoms with van der Waals surface area (Å²) >= 11 is 0. The summed E-state index contributed by atoms with van der Waals surface area (Å²) in [5, 5.41) is 0.337. The van der Waals surface area contributed by atoms with Crippen molar-refractivity contribution < 1.29 is 39.9 Å². The maximum absolute atomic E-state index is 12.9. The molecule has 0 amide bonds. The molecule has 1 aromatic heterocycles. The Balaban J connectivity index is 2.94. The first kappa shape index (κ1) is 20.7. The number of benzene rings is 1. The highest BCUT2D eigenvalue weighted by molar-refractivity contribution is 7.88. The summed E-state index contributed by atoms with van der Waals surface area (Å²) in [7, 11) is -2.77. The van der Waals surface area contributed by atoms with E-state index in [-0.39, 0.29) is 17.7 Å². The smallest absolute Gasteiger partial charge is 0.449 e. The molecule has 0 aliphatic heterocycles. The zero-order chi connectivity index (χ0) is 20.6. The second kappa shape index (κ2) is 7.22. The molecule has 0 radical (unpaired) electrons. The van der Waals surface area contributed by atoms with Crippen LogP contribution in [0.5, 0.6) is 5.88 Å². The number of halogens is 3. The average molecular weight is 407 g/mol. The lowest BCUT2D eigenvalue weighted by atomic mass is 10.1. The van der Waals surface area contributed by atoms with Crippen molar-refractivity contribution in [3.63, 3.8) is 0 Å².